The van der Waals surface area contributed by atoms with Crippen molar-refractivity contribution in [1.82, 2.24) is 14.5 Å². The van der Waals surface area contributed by atoms with Gasteiger partial charge in [0.25, 0.3) is 5.56 Å². The van der Waals surface area contributed by atoms with Gasteiger partial charge in [-0.2, -0.15) is 0 Å². The van der Waals surface area contributed by atoms with E-state index in [1.807, 2.05) is 6.92 Å². The first-order chi connectivity index (χ1) is 15.3. The molecular weight excluding hydrogens is 455 g/mol. The maximum absolute atomic E-state index is 13.0. The zero-order valence-corrected chi connectivity index (χ0v) is 19.2. The standard InChI is InChI=1S/C22H22ClFN4O3S/c1-3-10-28-21(31)17-9-4-14(23)11-18(17)26-22(28)32-13-20(30)27(2)12-19(29)25-16-7-5-15(24)6-8-16/h4-9,11H,3,10,12-13H2,1-2H3,(H,25,29). The van der Waals surface area contributed by atoms with Crippen molar-refractivity contribution in [2.45, 2.75) is 25.0 Å². The molecule has 2 aromatic carbocycles. The van der Waals surface area contributed by atoms with Crippen LogP contribution in [0.3, 0.4) is 0 Å². The molecule has 0 saturated heterocycles. The summed E-state index contributed by atoms with van der Waals surface area (Å²) in [7, 11) is 1.51. The van der Waals surface area contributed by atoms with Crippen molar-refractivity contribution in [2.24, 2.45) is 0 Å². The Balaban J connectivity index is 1.67. The topological polar surface area (TPSA) is 84.3 Å². The number of thioether (sulfide) groups is 1. The minimum atomic E-state index is -0.404. The summed E-state index contributed by atoms with van der Waals surface area (Å²) in [6.07, 6.45) is 0.728. The molecule has 3 rings (SSSR count). The van der Waals surface area contributed by atoms with Gasteiger partial charge in [-0.3, -0.25) is 19.0 Å². The number of aromatic nitrogens is 2. The number of anilines is 1. The lowest BCUT2D eigenvalue weighted by Gasteiger charge is -2.17. The summed E-state index contributed by atoms with van der Waals surface area (Å²) >= 11 is 7.17. The predicted molar refractivity (Wildman–Crippen MR) is 125 cm³/mol. The van der Waals surface area contributed by atoms with E-state index < -0.39 is 11.7 Å². The molecule has 168 valence electrons. The minimum Gasteiger partial charge on any atom is -0.336 e. The molecule has 1 aromatic heterocycles. The van der Waals surface area contributed by atoms with Crippen LogP contribution >= 0.6 is 23.4 Å². The van der Waals surface area contributed by atoms with E-state index in [-0.39, 0.29) is 23.8 Å². The molecule has 1 heterocycles. The lowest BCUT2D eigenvalue weighted by atomic mass is 10.2. The zero-order valence-electron chi connectivity index (χ0n) is 17.6. The number of hydrogen-bond donors (Lipinski definition) is 1. The number of hydrogen-bond acceptors (Lipinski definition) is 5. The molecule has 1 N–H and O–H groups in total. The van der Waals surface area contributed by atoms with Crippen LogP contribution in [0.1, 0.15) is 13.3 Å². The van der Waals surface area contributed by atoms with Crippen molar-refractivity contribution in [2.75, 3.05) is 24.7 Å². The Kier molecular flexibility index (Phi) is 7.87. The number of likely N-dealkylation sites (N-methyl/N-ethyl adjacent to an activating group) is 1. The molecule has 0 fully saturated rings. The minimum absolute atomic E-state index is 0.00253. The highest BCUT2D eigenvalue weighted by Crippen LogP contribution is 2.21. The molecule has 0 radical (unpaired) electrons. The van der Waals surface area contributed by atoms with Crippen LogP contribution in [-0.4, -0.2) is 45.6 Å². The third-order valence-corrected chi connectivity index (χ3v) is 5.79. The van der Waals surface area contributed by atoms with Crippen LogP contribution in [0.4, 0.5) is 10.1 Å². The molecule has 0 aliphatic heterocycles. The van der Waals surface area contributed by atoms with Gasteiger partial charge < -0.3 is 10.2 Å². The van der Waals surface area contributed by atoms with E-state index >= 15 is 0 Å². The van der Waals surface area contributed by atoms with Crippen molar-refractivity contribution < 1.29 is 14.0 Å². The van der Waals surface area contributed by atoms with Crippen molar-refractivity contribution in [1.29, 1.82) is 0 Å². The Hall–Kier alpha value is -2.91. The van der Waals surface area contributed by atoms with E-state index in [2.05, 4.69) is 10.3 Å². The number of halogens is 2. The summed E-state index contributed by atoms with van der Waals surface area (Å²) in [5.41, 5.74) is 0.724. The Morgan fingerprint density at radius 1 is 1.22 bits per heavy atom. The van der Waals surface area contributed by atoms with Gasteiger partial charge in [0.2, 0.25) is 11.8 Å². The quantitative estimate of drug-likeness (QED) is 0.395. The van der Waals surface area contributed by atoms with Crippen molar-refractivity contribution in [3.63, 3.8) is 0 Å². The van der Waals surface area contributed by atoms with Gasteiger partial charge in [0.1, 0.15) is 5.82 Å². The van der Waals surface area contributed by atoms with Crippen LogP contribution < -0.4 is 10.9 Å². The zero-order chi connectivity index (χ0) is 23.3. The number of rotatable bonds is 8. The molecule has 7 nitrogen and oxygen atoms in total. The number of amides is 2. The largest absolute Gasteiger partial charge is 0.336 e. The van der Waals surface area contributed by atoms with Gasteiger partial charge in [0.15, 0.2) is 5.16 Å². The monoisotopic (exact) mass is 476 g/mol. The fourth-order valence-electron chi connectivity index (χ4n) is 2.98. The highest BCUT2D eigenvalue weighted by Gasteiger charge is 2.17. The highest BCUT2D eigenvalue weighted by molar-refractivity contribution is 7.99. The molecule has 2 amide bonds. The second-order valence-corrected chi connectivity index (χ2v) is 8.49. The van der Waals surface area contributed by atoms with Gasteiger partial charge in [0.05, 0.1) is 23.2 Å². The van der Waals surface area contributed by atoms with E-state index in [0.717, 1.165) is 18.2 Å². The number of nitrogens with zero attached hydrogens (tertiary/aromatic N) is 3. The predicted octanol–water partition coefficient (Wildman–Crippen LogP) is 3.79. The fourth-order valence-corrected chi connectivity index (χ4v) is 4.11. The SMILES string of the molecule is CCCn1c(SCC(=O)N(C)CC(=O)Nc2ccc(F)cc2)nc2cc(Cl)ccc2c1=O. The van der Waals surface area contributed by atoms with Crippen LogP contribution in [-0.2, 0) is 16.1 Å². The lowest BCUT2D eigenvalue weighted by molar-refractivity contribution is -0.131. The van der Waals surface area contributed by atoms with Gasteiger partial charge >= 0.3 is 0 Å². The number of carbonyl (C=O) groups is 2. The van der Waals surface area contributed by atoms with Crippen LogP contribution in [0.25, 0.3) is 10.9 Å². The lowest BCUT2D eigenvalue weighted by Crippen LogP contribution is -2.36. The van der Waals surface area contributed by atoms with Gasteiger partial charge in [-0.25, -0.2) is 9.37 Å². The Labute approximate surface area is 193 Å². The molecule has 0 spiro atoms. The first kappa shape index (κ1) is 23.7. The fraction of sp³-hybridized carbons (Fsp3) is 0.273. The van der Waals surface area contributed by atoms with Crippen molar-refractivity contribution in [3.05, 3.63) is 63.7 Å². The molecule has 0 atom stereocenters. The van der Waals surface area contributed by atoms with Crippen LogP contribution in [0.2, 0.25) is 5.02 Å². The summed E-state index contributed by atoms with van der Waals surface area (Å²) in [6.45, 7) is 2.25. The summed E-state index contributed by atoms with van der Waals surface area (Å²) in [5, 5.41) is 3.97. The normalized spacial score (nSPS) is 10.9. The number of carbonyl (C=O) groups excluding carboxylic acids is 2. The molecule has 0 aliphatic rings. The molecule has 10 heteroatoms. The summed E-state index contributed by atoms with van der Waals surface area (Å²) in [5.74, 6) is -1.10. The summed E-state index contributed by atoms with van der Waals surface area (Å²) in [6, 6.07) is 10.3. The number of nitrogens with one attached hydrogen (secondary N) is 1. The smallest absolute Gasteiger partial charge is 0.262 e. The van der Waals surface area contributed by atoms with Gasteiger partial charge in [-0.1, -0.05) is 30.3 Å². The van der Waals surface area contributed by atoms with Gasteiger partial charge in [-0.05, 0) is 48.9 Å². The van der Waals surface area contributed by atoms with E-state index in [9.17, 15) is 18.8 Å². The molecule has 3 aromatic rings. The molecule has 0 saturated carbocycles. The van der Waals surface area contributed by atoms with Crippen LogP contribution in [0.5, 0.6) is 0 Å². The van der Waals surface area contributed by atoms with Gasteiger partial charge in [-0.15, -0.1) is 0 Å². The first-order valence-corrected chi connectivity index (χ1v) is 11.3. The van der Waals surface area contributed by atoms with Crippen LogP contribution in [0, 0.1) is 5.82 Å². The second kappa shape index (κ2) is 10.6. The highest BCUT2D eigenvalue weighted by atomic mass is 35.5. The maximum atomic E-state index is 13.0. The molecule has 0 aliphatic carbocycles. The van der Waals surface area contributed by atoms with Crippen molar-refractivity contribution in [3.8, 4) is 0 Å². The summed E-state index contributed by atoms with van der Waals surface area (Å²) < 4.78 is 14.5. The molecular formula is C22H22ClFN4O3S. The molecule has 32 heavy (non-hydrogen) atoms. The summed E-state index contributed by atoms with van der Waals surface area (Å²) in [4.78, 5) is 43.4. The Morgan fingerprint density at radius 3 is 2.62 bits per heavy atom. The molecule has 0 unspecified atom stereocenters. The molecule has 0 bridgehead atoms. The van der Waals surface area contributed by atoms with E-state index in [1.165, 1.54) is 36.2 Å². The average molecular weight is 477 g/mol. The van der Waals surface area contributed by atoms with E-state index in [0.29, 0.717) is 33.3 Å². The van der Waals surface area contributed by atoms with Gasteiger partial charge in [0, 0.05) is 24.3 Å². The number of fused-ring (bicyclic) bond motifs is 1. The van der Waals surface area contributed by atoms with Crippen molar-refractivity contribution >= 4 is 51.8 Å². The maximum Gasteiger partial charge on any atom is 0.262 e. The van der Waals surface area contributed by atoms with E-state index in [4.69, 9.17) is 11.6 Å². The Bertz CT molecular complexity index is 1200. The first-order valence-electron chi connectivity index (χ1n) is 9.90. The Morgan fingerprint density at radius 2 is 1.94 bits per heavy atom. The van der Waals surface area contributed by atoms with E-state index in [1.54, 1.807) is 22.8 Å². The second-order valence-electron chi connectivity index (χ2n) is 7.11. The van der Waals surface area contributed by atoms with Crippen LogP contribution in [0.15, 0.2) is 52.4 Å². The number of benzene rings is 2. The third-order valence-electron chi connectivity index (χ3n) is 4.59. The third kappa shape index (κ3) is 5.86. The average Bonchev–Trinajstić information content (AvgIpc) is 2.75.